The van der Waals surface area contributed by atoms with E-state index < -0.39 is 43.9 Å². The molecular weight excluding hydrogens is 579 g/mol. The number of anilines is 1. The average molecular weight is 610 g/mol. The molecule has 1 aromatic rings. The van der Waals surface area contributed by atoms with Gasteiger partial charge >= 0.3 is 6.18 Å². The van der Waals surface area contributed by atoms with Crippen LogP contribution >= 0.6 is 12.2 Å². The molecule has 0 amide bonds. The van der Waals surface area contributed by atoms with Gasteiger partial charge in [0, 0.05) is 43.2 Å². The lowest BCUT2D eigenvalue weighted by Crippen LogP contribution is -2.62. The quantitative estimate of drug-likeness (QED) is 0.447. The van der Waals surface area contributed by atoms with Crippen molar-refractivity contribution in [3.05, 3.63) is 53.0 Å². The smallest absolute Gasteiger partial charge is 0.378 e. The van der Waals surface area contributed by atoms with E-state index in [2.05, 4.69) is 0 Å². The minimum absolute atomic E-state index is 0.0262. The number of aliphatic hydroxyl groups is 1. The van der Waals surface area contributed by atoms with Gasteiger partial charge in [-0.2, -0.15) is 21.8 Å². The molecule has 3 aliphatic rings. The van der Waals surface area contributed by atoms with Gasteiger partial charge in [-0.15, -0.1) is 0 Å². The SMILES string of the molecule is C[C@](O)(c1ccc(N2CCN(S(=O)(=O)C3=CC=CCC3=S)C[C@@H]2CN(C2COC2)S(C)(=O)=O)cc1)C(F)(F)F. The fraction of sp³-hybridized carbons (Fsp3) is 0.542. The third-order valence-corrected chi connectivity index (χ3v) is 10.9. The predicted molar refractivity (Wildman–Crippen MR) is 144 cm³/mol. The molecule has 0 saturated carbocycles. The topological polar surface area (TPSA) is 107 Å². The van der Waals surface area contributed by atoms with E-state index in [1.165, 1.54) is 26.8 Å². The Balaban J connectivity index is 1.67. The maximum absolute atomic E-state index is 13.5. The minimum Gasteiger partial charge on any atom is -0.378 e. The summed E-state index contributed by atoms with van der Waals surface area (Å²) in [7, 11) is -7.67. The zero-order chi connectivity index (χ0) is 28.8. The van der Waals surface area contributed by atoms with Gasteiger partial charge in [-0.1, -0.05) is 36.5 Å². The summed E-state index contributed by atoms with van der Waals surface area (Å²) in [4.78, 5) is 2.09. The summed E-state index contributed by atoms with van der Waals surface area (Å²) in [5, 5.41) is 10.0. The van der Waals surface area contributed by atoms with Gasteiger partial charge in [-0.25, -0.2) is 16.8 Å². The van der Waals surface area contributed by atoms with Gasteiger partial charge < -0.3 is 14.7 Å². The lowest BCUT2D eigenvalue weighted by atomic mass is 9.95. The van der Waals surface area contributed by atoms with Crippen LogP contribution in [-0.2, 0) is 30.4 Å². The molecule has 2 aliphatic heterocycles. The third-order valence-electron chi connectivity index (χ3n) is 7.18. The van der Waals surface area contributed by atoms with E-state index in [9.17, 15) is 35.1 Å². The standard InChI is InChI=1S/C24H30F3N3O6S3/c1-23(31,24(25,26)27)17-7-9-18(10-8-17)29-12-11-28(39(34,35)22-6-4-3-5-21(22)37)13-19(29)14-30(38(2,32)33)20-15-36-16-20/h3-4,6-10,19-20,31H,5,11-16H2,1-2H3/t19-,23+/m1/s1. The lowest BCUT2D eigenvalue weighted by Gasteiger charge is -2.45. The van der Waals surface area contributed by atoms with Crippen LogP contribution in [0.3, 0.4) is 0 Å². The molecule has 2 fully saturated rings. The number of hydrogen-bond donors (Lipinski definition) is 1. The highest BCUT2D eigenvalue weighted by atomic mass is 32.2. The largest absolute Gasteiger partial charge is 0.421 e. The maximum Gasteiger partial charge on any atom is 0.421 e. The highest BCUT2D eigenvalue weighted by molar-refractivity contribution is 7.96. The van der Waals surface area contributed by atoms with E-state index in [1.807, 2.05) is 0 Å². The first-order valence-electron chi connectivity index (χ1n) is 12.1. The Morgan fingerprint density at radius 3 is 2.28 bits per heavy atom. The monoisotopic (exact) mass is 609 g/mol. The second-order valence-electron chi connectivity index (χ2n) is 9.94. The van der Waals surface area contributed by atoms with E-state index in [0.29, 0.717) is 19.0 Å². The fourth-order valence-corrected chi connectivity index (χ4v) is 7.90. The van der Waals surface area contributed by atoms with Gasteiger partial charge in [0.2, 0.25) is 20.0 Å². The summed E-state index contributed by atoms with van der Waals surface area (Å²) >= 11 is 5.28. The molecule has 0 radical (unpaired) electrons. The Bertz CT molecular complexity index is 1370. The number of nitrogens with zero attached hydrogens (tertiary/aromatic N) is 3. The molecule has 2 saturated heterocycles. The average Bonchev–Trinajstić information content (AvgIpc) is 2.81. The van der Waals surface area contributed by atoms with Crippen molar-refractivity contribution in [3.8, 4) is 0 Å². The van der Waals surface area contributed by atoms with Crippen LogP contribution in [-0.4, -0.2) is 99.3 Å². The molecule has 0 spiro atoms. The molecule has 39 heavy (non-hydrogen) atoms. The van der Waals surface area contributed by atoms with Gasteiger partial charge in [0.15, 0.2) is 5.60 Å². The third kappa shape index (κ3) is 6.09. The number of piperazine rings is 1. The number of alkyl halides is 3. The first-order valence-corrected chi connectivity index (χ1v) is 15.8. The molecule has 1 aliphatic carbocycles. The Morgan fingerprint density at radius 2 is 1.77 bits per heavy atom. The molecule has 1 N–H and O–H groups in total. The summed E-state index contributed by atoms with van der Waals surface area (Å²) in [6.45, 7) is 1.13. The highest BCUT2D eigenvalue weighted by Gasteiger charge is 2.51. The van der Waals surface area contributed by atoms with Crippen molar-refractivity contribution in [1.82, 2.24) is 8.61 Å². The molecule has 15 heteroatoms. The molecule has 2 heterocycles. The van der Waals surface area contributed by atoms with Crippen LogP contribution in [0.4, 0.5) is 18.9 Å². The summed E-state index contributed by atoms with van der Waals surface area (Å²) in [5.74, 6) is 0. The predicted octanol–water partition coefficient (Wildman–Crippen LogP) is 2.15. The van der Waals surface area contributed by atoms with Crippen LogP contribution in [0.1, 0.15) is 18.9 Å². The molecule has 0 aromatic heterocycles. The van der Waals surface area contributed by atoms with E-state index in [1.54, 1.807) is 17.1 Å². The number of allylic oxidation sites excluding steroid dienone is 4. The minimum atomic E-state index is -4.89. The van der Waals surface area contributed by atoms with Crippen LogP contribution in [0.25, 0.3) is 0 Å². The van der Waals surface area contributed by atoms with E-state index in [4.69, 9.17) is 17.0 Å². The fourth-order valence-electron chi connectivity index (χ4n) is 4.73. The lowest BCUT2D eigenvalue weighted by molar-refractivity contribution is -0.258. The van der Waals surface area contributed by atoms with Gasteiger partial charge in [0.1, 0.15) is 0 Å². The van der Waals surface area contributed by atoms with Crippen molar-refractivity contribution in [2.75, 3.05) is 50.5 Å². The molecule has 9 nitrogen and oxygen atoms in total. The first kappa shape index (κ1) is 30.1. The summed E-state index contributed by atoms with van der Waals surface area (Å²) in [6, 6.07) is 4.06. The molecule has 0 unspecified atom stereocenters. The molecule has 2 atom stereocenters. The first-order chi connectivity index (χ1) is 18.0. The van der Waals surface area contributed by atoms with Gasteiger partial charge in [-0.05, 0) is 30.7 Å². The molecule has 1 aromatic carbocycles. The van der Waals surface area contributed by atoms with Crippen LogP contribution in [0.15, 0.2) is 47.4 Å². The summed E-state index contributed by atoms with van der Waals surface area (Å²) in [5.41, 5.74) is -2.95. The Hall–Kier alpha value is -1.88. The summed E-state index contributed by atoms with van der Waals surface area (Å²) in [6.07, 6.45) is 1.33. The number of hydrogen-bond acceptors (Lipinski definition) is 8. The van der Waals surface area contributed by atoms with Crippen LogP contribution in [0.2, 0.25) is 0 Å². The van der Waals surface area contributed by atoms with Crippen molar-refractivity contribution < 1.29 is 39.9 Å². The van der Waals surface area contributed by atoms with Crippen molar-refractivity contribution in [3.63, 3.8) is 0 Å². The zero-order valence-corrected chi connectivity index (χ0v) is 23.8. The zero-order valence-electron chi connectivity index (χ0n) is 21.3. The normalized spacial score (nSPS) is 23.5. The van der Waals surface area contributed by atoms with Gasteiger partial charge in [-0.3, -0.25) is 0 Å². The Kier molecular flexibility index (Phi) is 8.36. The van der Waals surface area contributed by atoms with Crippen LogP contribution < -0.4 is 4.90 Å². The number of rotatable bonds is 8. The second-order valence-corrected chi connectivity index (χ2v) is 14.3. The van der Waals surface area contributed by atoms with Crippen LogP contribution in [0.5, 0.6) is 0 Å². The van der Waals surface area contributed by atoms with E-state index in [-0.39, 0.29) is 54.7 Å². The van der Waals surface area contributed by atoms with Crippen molar-refractivity contribution in [2.24, 2.45) is 0 Å². The number of thiocarbonyl (C=S) groups is 1. The molecule has 0 bridgehead atoms. The van der Waals surface area contributed by atoms with Gasteiger partial charge in [0.05, 0.1) is 36.5 Å². The van der Waals surface area contributed by atoms with Crippen molar-refractivity contribution in [2.45, 2.75) is 37.2 Å². The molecule has 4 rings (SSSR count). The molecular formula is C24H30F3N3O6S3. The molecule has 216 valence electrons. The number of sulfonamides is 2. The number of benzene rings is 1. The Labute approximate surface area is 231 Å². The van der Waals surface area contributed by atoms with Crippen molar-refractivity contribution >= 4 is 42.8 Å². The van der Waals surface area contributed by atoms with E-state index in [0.717, 1.165) is 18.4 Å². The van der Waals surface area contributed by atoms with E-state index >= 15 is 0 Å². The second kappa shape index (κ2) is 10.8. The van der Waals surface area contributed by atoms with Crippen molar-refractivity contribution in [1.29, 1.82) is 0 Å². The van der Waals surface area contributed by atoms with Gasteiger partial charge in [0.25, 0.3) is 0 Å². The highest BCUT2D eigenvalue weighted by Crippen LogP contribution is 2.39. The number of halogens is 3. The number of ether oxygens (including phenoxy) is 1. The van der Waals surface area contributed by atoms with Crippen LogP contribution in [0, 0.1) is 0 Å². The summed E-state index contributed by atoms with van der Waals surface area (Å²) < 4.78 is 100. The Morgan fingerprint density at radius 1 is 1.13 bits per heavy atom. The maximum atomic E-state index is 13.5.